The number of aryl methyl sites for hydroxylation is 1. The van der Waals surface area contributed by atoms with Gasteiger partial charge in [-0.1, -0.05) is 13.8 Å². The third-order valence-corrected chi connectivity index (χ3v) is 7.03. The Balaban J connectivity index is 1.60. The monoisotopic (exact) mass is 430 g/mol. The molecular weight excluding hydrogens is 396 g/mol. The number of likely N-dealkylation sites (N-methyl/N-ethyl adjacent to an activating group) is 1. The molecule has 1 saturated heterocycles. The van der Waals surface area contributed by atoms with Gasteiger partial charge in [-0.2, -0.15) is 0 Å². The summed E-state index contributed by atoms with van der Waals surface area (Å²) in [6, 6.07) is 0.0248. The molecule has 1 N–H and O–H groups in total. The van der Waals surface area contributed by atoms with Gasteiger partial charge in [0, 0.05) is 56.1 Å². The smallest absolute Gasteiger partial charge is 0.317 e. The molecule has 0 bridgehead atoms. The molecule has 8 heteroatoms. The van der Waals surface area contributed by atoms with Crippen LogP contribution in [0.4, 0.5) is 10.6 Å². The molecule has 0 atom stereocenters. The Morgan fingerprint density at radius 2 is 1.83 bits per heavy atom. The van der Waals surface area contributed by atoms with E-state index in [-0.39, 0.29) is 11.6 Å². The first-order chi connectivity index (χ1) is 14.3. The highest BCUT2D eigenvalue weighted by atomic mass is 32.1. The van der Waals surface area contributed by atoms with Crippen molar-refractivity contribution in [1.82, 2.24) is 25.1 Å². The van der Waals surface area contributed by atoms with Crippen LogP contribution in [0.25, 0.3) is 10.2 Å². The fraction of sp³-hybridized carbons (Fsp3) is 0.682. The quantitative estimate of drug-likeness (QED) is 0.810. The summed E-state index contributed by atoms with van der Waals surface area (Å²) in [6.45, 7) is 16.6. The van der Waals surface area contributed by atoms with Crippen molar-refractivity contribution in [2.75, 3.05) is 44.2 Å². The van der Waals surface area contributed by atoms with Crippen LogP contribution in [0.2, 0.25) is 0 Å². The van der Waals surface area contributed by atoms with Gasteiger partial charge in [0.05, 0.1) is 5.39 Å². The lowest BCUT2D eigenvalue weighted by Gasteiger charge is -2.37. The first kappa shape index (κ1) is 21.3. The van der Waals surface area contributed by atoms with E-state index in [0.717, 1.165) is 62.0 Å². The Bertz CT molecular complexity index is 926. The molecular formula is C22H34N6OS. The number of carbonyl (C=O) groups is 1. The van der Waals surface area contributed by atoms with E-state index in [2.05, 4.69) is 29.0 Å². The van der Waals surface area contributed by atoms with Gasteiger partial charge in [0.2, 0.25) is 0 Å². The van der Waals surface area contributed by atoms with Crippen LogP contribution in [0.1, 0.15) is 50.9 Å². The molecule has 0 unspecified atom stereocenters. The summed E-state index contributed by atoms with van der Waals surface area (Å²) in [7, 11) is 0. The molecule has 2 aliphatic heterocycles. The predicted octanol–water partition coefficient (Wildman–Crippen LogP) is 3.26. The second-order valence-corrected chi connectivity index (χ2v) is 10.4. The molecule has 2 aromatic rings. The van der Waals surface area contributed by atoms with Gasteiger partial charge in [-0.05, 0) is 39.3 Å². The number of rotatable bonds is 3. The van der Waals surface area contributed by atoms with Gasteiger partial charge in [0.25, 0.3) is 0 Å². The van der Waals surface area contributed by atoms with E-state index in [1.165, 1.54) is 15.8 Å². The summed E-state index contributed by atoms with van der Waals surface area (Å²) in [5, 5.41) is 4.34. The highest BCUT2D eigenvalue weighted by molar-refractivity contribution is 7.19. The summed E-state index contributed by atoms with van der Waals surface area (Å²) in [6.07, 6.45) is 1.90. The fourth-order valence-electron chi connectivity index (χ4n) is 4.25. The number of aromatic nitrogens is 2. The maximum Gasteiger partial charge on any atom is 0.317 e. The second-order valence-electron chi connectivity index (χ2n) is 9.27. The standard InChI is InChI=1S/C22H34N6OS/c1-6-17-23-19(27-10-12-28(13-11-27)21(29)25-22(3,4)5)18-15-8-9-26(7-2)14-16(15)30-20(18)24-17/h6-14H2,1-5H3,(H,25,29). The fourth-order valence-corrected chi connectivity index (χ4v) is 5.53. The number of nitrogens with one attached hydrogen (secondary N) is 1. The van der Waals surface area contributed by atoms with E-state index in [4.69, 9.17) is 9.97 Å². The number of piperazine rings is 1. The largest absolute Gasteiger partial charge is 0.352 e. The molecule has 0 aliphatic carbocycles. The third-order valence-electron chi connectivity index (χ3n) is 5.92. The zero-order valence-corrected chi connectivity index (χ0v) is 19.7. The Labute approximate surface area is 183 Å². The first-order valence-corrected chi connectivity index (χ1v) is 12.0. The summed E-state index contributed by atoms with van der Waals surface area (Å²) >= 11 is 1.84. The van der Waals surface area contributed by atoms with Crippen molar-refractivity contribution in [2.24, 2.45) is 0 Å². The molecule has 4 heterocycles. The van der Waals surface area contributed by atoms with Crippen LogP contribution in [0.3, 0.4) is 0 Å². The van der Waals surface area contributed by atoms with Crippen LogP contribution < -0.4 is 10.2 Å². The van der Waals surface area contributed by atoms with Crippen LogP contribution in [0.5, 0.6) is 0 Å². The van der Waals surface area contributed by atoms with Gasteiger partial charge < -0.3 is 15.1 Å². The van der Waals surface area contributed by atoms with Crippen LogP contribution in [0, 0.1) is 0 Å². The average Bonchev–Trinajstić information content (AvgIpc) is 3.09. The van der Waals surface area contributed by atoms with Crippen LogP contribution in [-0.4, -0.2) is 70.6 Å². The van der Waals surface area contributed by atoms with E-state index < -0.39 is 0 Å². The molecule has 2 aromatic heterocycles. The molecule has 7 nitrogen and oxygen atoms in total. The molecule has 2 aliphatic rings. The summed E-state index contributed by atoms with van der Waals surface area (Å²) in [4.78, 5) is 31.8. The van der Waals surface area contributed by atoms with E-state index in [1.54, 1.807) is 0 Å². The number of urea groups is 1. The summed E-state index contributed by atoms with van der Waals surface area (Å²) in [5.41, 5.74) is 1.23. The molecule has 0 saturated carbocycles. The van der Waals surface area contributed by atoms with Crippen LogP contribution in [-0.2, 0) is 19.4 Å². The van der Waals surface area contributed by atoms with E-state index >= 15 is 0 Å². The zero-order valence-electron chi connectivity index (χ0n) is 18.9. The van der Waals surface area contributed by atoms with Crippen molar-refractivity contribution in [2.45, 2.75) is 59.5 Å². The van der Waals surface area contributed by atoms with Gasteiger partial charge in [-0.3, -0.25) is 4.90 Å². The number of hydrogen-bond acceptors (Lipinski definition) is 6. The van der Waals surface area contributed by atoms with Crippen molar-refractivity contribution in [1.29, 1.82) is 0 Å². The van der Waals surface area contributed by atoms with Gasteiger partial charge in [-0.15, -0.1) is 11.3 Å². The van der Waals surface area contributed by atoms with E-state index in [0.29, 0.717) is 13.1 Å². The normalized spacial score (nSPS) is 18.0. The molecule has 1 fully saturated rings. The van der Waals surface area contributed by atoms with Crippen LogP contribution in [0.15, 0.2) is 0 Å². The number of carbonyl (C=O) groups excluding carboxylic acids is 1. The number of anilines is 1. The molecule has 0 aromatic carbocycles. The number of hydrogen-bond donors (Lipinski definition) is 1. The maximum absolute atomic E-state index is 12.5. The van der Waals surface area contributed by atoms with Crippen LogP contribution >= 0.6 is 11.3 Å². The summed E-state index contributed by atoms with van der Waals surface area (Å²) in [5.74, 6) is 1.99. The minimum absolute atomic E-state index is 0.0248. The summed E-state index contributed by atoms with van der Waals surface area (Å²) < 4.78 is 0. The van der Waals surface area contributed by atoms with Crippen molar-refractivity contribution in [3.63, 3.8) is 0 Å². The minimum atomic E-state index is -0.217. The molecule has 164 valence electrons. The van der Waals surface area contributed by atoms with Gasteiger partial charge in [0.1, 0.15) is 16.5 Å². The van der Waals surface area contributed by atoms with Gasteiger partial charge >= 0.3 is 6.03 Å². The lowest BCUT2D eigenvalue weighted by atomic mass is 10.0. The van der Waals surface area contributed by atoms with E-state index in [9.17, 15) is 4.79 Å². The van der Waals surface area contributed by atoms with Gasteiger partial charge in [-0.25, -0.2) is 14.8 Å². The topological polar surface area (TPSA) is 64.6 Å². The predicted molar refractivity (Wildman–Crippen MR) is 124 cm³/mol. The van der Waals surface area contributed by atoms with Crippen molar-refractivity contribution >= 4 is 33.4 Å². The molecule has 30 heavy (non-hydrogen) atoms. The number of amides is 2. The SMILES string of the molecule is CCc1nc(N2CCN(C(=O)NC(C)(C)C)CC2)c2c3c(sc2n1)CN(CC)CC3. The Hall–Kier alpha value is -1.93. The zero-order chi connectivity index (χ0) is 21.5. The Morgan fingerprint density at radius 1 is 1.10 bits per heavy atom. The average molecular weight is 431 g/mol. The number of fused-ring (bicyclic) bond motifs is 3. The lowest BCUT2D eigenvalue weighted by Crippen LogP contribution is -2.55. The molecule has 2 amide bonds. The van der Waals surface area contributed by atoms with Gasteiger partial charge in [0.15, 0.2) is 0 Å². The van der Waals surface area contributed by atoms with Crippen molar-refractivity contribution in [3.8, 4) is 0 Å². The molecule has 0 radical (unpaired) electrons. The highest BCUT2D eigenvalue weighted by Gasteiger charge is 2.29. The second kappa shape index (κ2) is 8.30. The highest BCUT2D eigenvalue weighted by Crippen LogP contribution is 2.39. The number of thiophene rings is 1. The first-order valence-electron chi connectivity index (χ1n) is 11.1. The minimum Gasteiger partial charge on any atom is -0.352 e. The lowest BCUT2D eigenvalue weighted by molar-refractivity contribution is 0.185. The molecule has 0 spiro atoms. The Morgan fingerprint density at radius 3 is 2.47 bits per heavy atom. The van der Waals surface area contributed by atoms with Crippen molar-refractivity contribution in [3.05, 3.63) is 16.3 Å². The number of nitrogens with zero attached hydrogens (tertiary/aromatic N) is 5. The molecule has 4 rings (SSSR count). The van der Waals surface area contributed by atoms with E-state index in [1.807, 2.05) is 37.0 Å². The maximum atomic E-state index is 12.5. The Kier molecular flexibility index (Phi) is 5.90. The van der Waals surface area contributed by atoms with Crippen molar-refractivity contribution < 1.29 is 4.79 Å². The third kappa shape index (κ3) is 4.25.